The fourth-order valence-corrected chi connectivity index (χ4v) is 2.34. The highest BCUT2D eigenvalue weighted by molar-refractivity contribution is 5.57. The molecule has 0 saturated carbocycles. The van der Waals surface area contributed by atoms with E-state index in [1.165, 1.54) is 6.07 Å². The lowest BCUT2D eigenvalue weighted by molar-refractivity contribution is 0.439. The molecule has 1 aliphatic rings. The maximum atomic E-state index is 13.3. The SMILES string of the molecule is Cc1cc(-c2nnc3n2CCNC3C)ccc1F. The van der Waals surface area contributed by atoms with Gasteiger partial charge in [0, 0.05) is 18.7 Å². The quantitative estimate of drug-likeness (QED) is 0.837. The van der Waals surface area contributed by atoms with E-state index in [-0.39, 0.29) is 11.9 Å². The van der Waals surface area contributed by atoms with Gasteiger partial charge in [-0.3, -0.25) is 0 Å². The Balaban J connectivity index is 2.09. The molecule has 2 heterocycles. The minimum absolute atomic E-state index is 0.188. The third-order valence-electron chi connectivity index (χ3n) is 3.37. The molecule has 1 N–H and O–H groups in total. The van der Waals surface area contributed by atoms with Gasteiger partial charge in [0.2, 0.25) is 0 Å². The highest BCUT2D eigenvalue weighted by Crippen LogP contribution is 2.24. The van der Waals surface area contributed by atoms with E-state index < -0.39 is 0 Å². The molecule has 0 saturated heterocycles. The van der Waals surface area contributed by atoms with E-state index in [0.29, 0.717) is 5.56 Å². The van der Waals surface area contributed by atoms with Crippen molar-refractivity contribution >= 4 is 0 Å². The van der Waals surface area contributed by atoms with Gasteiger partial charge in [-0.2, -0.15) is 0 Å². The molecule has 94 valence electrons. The highest BCUT2D eigenvalue weighted by atomic mass is 19.1. The number of hydrogen-bond acceptors (Lipinski definition) is 3. The van der Waals surface area contributed by atoms with Crippen LogP contribution in [0, 0.1) is 12.7 Å². The first kappa shape index (κ1) is 11.3. The Morgan fingerprint density at radius 2 is 2.22 bits per heavy atom. The van der Waals surface area contributed by atoms with Crippen LogP contribution < -0.4 is 5.32 Å². The van der Waals surface area contributed by atoms with Crippen LogP contribution in [0.1, 0.15) is 24.4 Å². The molecule has 2 aromatic rings. The maximum Gasteiger partial charge on any atom is 0.164 e. The van der Waals surface area contributed by atoms with E-state index >= 15 is 0 Å². The average Bonchev–Trinajstić information content (AvgIpc) is 2.78. The molecule has 3 rings (SSSR count). The lowest BCUT2D eigenvalue weighted by Crippen LogP contribution is -2.32. The summed E-state index contributed by atoms with van der Waals surface area (Å²) in [6.07, 6.45) is 0. The van der Waals surface area contributed by atoms with Gasteiger partial charge in [-0.1, -0.05) is 0 Å². The molecule has 0 aliphatic carbocycles. The Morgan fingerprint density at radius 1 is 1.39 bits per heavy atom. The van der Waals surface area contributed by atoms with Crippen LogP contribution in [0.25, 0.3) is 11.4 Å². The first-order chi connectivity index (χ1) is 8.66. The molecule has 4 nitrogen and oxygen atoms in total. The molecule has 1 unspecified atom stereocenters. The van der Waals surface area contributed by atoms with Gasteiger partial charge in [0.15, 0.2) is 5.82 Å². The smallest absolute Gasteiger partial charge is 0.164 e. The number of halogens is 1. The molecular formula is C13H15FN4. The summed E-state index contributed by atoms with van der Waals surface area (Å²) in [7, 11) is 0. The molecule has 1 aliphatic heterocycles. The molecule has 5 heteroatoms. The minimum atomic E-state index is -0.188. The average molecular weight is 246 g/mol. The number of aryl methyl sites for hydroxylation is 1. The van der Waals surface area contributed by atoms with Crippen molar-refractivity contribution in [1.82, 2.24) is 20.1 Å². The largest absolute Gasteiger partial charge is 0.308 e. The Kier molecular flexibility index (Phi) is 2.63. The summed E-state index contributed by atoms with van der Waals surface area (Å²) in [6.45, 7) is 5.58. The topological polar surface area (TPSA) is 42.7 Å². The van der Waals surface area contributed by atoms with E-state index in [1.54, 1.807) is 13.0 Å². The van der Waals surface area contributed by atoms with Crippen LogP contribution >= 0.6 is 0 Å². The van der Waals surface area contributed by atoms with Crippen molar-refractivity contribution in [2.24, 2.45) is 0 Å². The van der Waals surface area contributed by atoms with Gasteiger partial charge in [-0.05, 0) is 37.6 Å². The van der Waals surface area contributed by atoms with Gasteiger partial charge in [0.1, 0.15) is 11.6 Å². The van der Waals surface area contributed by atoms with Crippen LogP contribution in [-0.2, 0) is 6.54 Å². The summed E-state index contributed by atoms with van der Waals surface area (Å²) >= 11 is 0. The van der Waals surface area contributed by atoms with E-state index in [1.807, 2.05) is 6.07 Å². The molecular weight excluding hydrogens is 231 g/mol. The van der Waals surface area contributed by atoms with Gasteiger partial charge < -0.3 is 9.88 Å². The van der Waals surface area contributed by atoms with Crippen molar-refractivity contribution in [3.63, 3.8) is 0 Å². The summed E-state index contributed by atoms with van der Waals surface area (Å²) < 4.78 is 15.4. The van der Waals surface area contributed by atoms with Gasteiger partial charge >= 0.3 is 0 Å². The summed E-state index contributed by atoms with van der Waals surface area (Å²) in [5.41, 5.74) is 1.55. The van der Waals surface area contributed by atoms with Gasteiger partial charge in [-0.15, -0.1) is 10.2 Å². The fraction of sp³-hybridized carbons (Fsp3) is 0.385. The predicted octanol–water partition coefficient (Wildman–Crippen LogP) is 2.06. The van der Waals surface area contributed by atoms with Crippen molar-refractivity contribution in [3.8, 4) is 11.4 Å². The van der Waals surface area contributed by atoms with Crippen molar-refractivity contribution in [2.75, 3.05) is 6.54 Å². The Hall–Kier alpha value is -1.75. The second-order valence-electron chi connectivity index (χ2n) is 4.67. The highest BCUT2D eigenvalue weighted by Gasteiger charge is 2.22. The van der Waals surface area contributed by atoms with Crippen molar-refractivity contribution in [1.29, 1.82) is 0 Å². The summed E-state index contributed by atoms with van der Waals surface area (Å²) in [6, 6.07) is 5.27. The van der Waals surface area contributed by atoms with E-state index in [2.05, 4.69) is 27.0 Å². The third-order valence-corrected chi connectivity index (χ3v) is 3.37. The molecule has 0 bridgehead atoms. The van der Waals surface area contributed by atoms with Crippen molar-refractivity contribution in [3.05, 3.63) is 35.4 Å². The number of rotatable bonds is 1. The van der Waals surface area contributed by atoms with Crippen LogP contribution in [0.4, 0.5) is 4.39 Å². The second-order valence-corrected chi connectivity index (χ2v) is 4.67. The molecule has 1 aromatic heterocycles. The fourth-order valence-electron chi connectivity index (χ4n) is 2.34. The molecule has 18 heavy (non-hydrogen) atoms. The van der Waals surface area contributed by atoms with Crippen LogP contribution in [0.3, 0.4) is 0 Å². The Labute approximate surface area is 105 Å². The maximum absolute atomic E-state index is 13.3. The van der Waals surface area contributed by atoms with E-state index in [4.69, 9.17) is 0 Å². The van der Waals surface area contributed by atoms with Crippen LogP contribution in [0.2, 0.25) is 0 Å². The Bertz CT molecular complexity index is 591. The zero-order valence-electron chi connectivity index (χ0n) is 10.4. The van der Waals surface area contributed by atoms with Crippen molar-refractivity contribution < 1.29 is 4.39 Å². The zero-order valence-corrected chi connectivity index (χ0v) is 10.4. The standard InChI is InChI=1S/C13H15FN4/c1-8-7-10(3-4-11(8)14)13-17-16-12-9(2)15-5-6-18(12)13/h3-4,7,9,15H,5-6H2,1-2H3. The van der Waals surface area contributed by atoms with Crippen LogP contribution in [0.5, 0.6) is 0 Å². The van der Waals surface area contributed by atoms with Crippen molar-refractivity contribution in [2.45, 2.75) is 26.4 Å². The van der Waals surface area contributed by atoms with Gasteiger partial charge in [-0.25, -0.2) is 4.39 Å². The lowest BCUT2D eigenvalue weighted by atomic mass is 10.1. The number of hydrogen-bond donors (Lipinski definition) is 1. The Morgan fingerprint density at radius 3 is 3.00 bits per heavy atom. The summed E-state index contributed by atoms with van der Waals surface area (Å²) in [5, 5.41) is 11.8. The summed E-state index contributed by atoms with van der Waals surface area (Å²) in [4.78, 5) is 0. The number of fused-ring (bicyclic) bond motifs is 1. The molecule has 0 radical (unpaired) electrons. The molecule has 0 spiro atoms. The lowest BCUT2D eigenvalue weighted by Gasteiger charge is -2.22. The normalized spacial score (nSPS) is 18.7. The van der Waals surface area contributed by atoms with E-state index in [9.17, 15) is 4.39 Å². The number of benzene rings is 1. The minimum Gasteiger partial charge on any atom is -0.308 e. The molecule has 0 amide bonds. The van der Waals surface area contributed by atoms with Crippen LogP contribution in [0.15, 0.2) is 18.2 Å². The third kappa shape index (κ3) is 1.71. The number of nitrogens with zero attached hydrogens (tertiary/aromatic N) is 3. The van der Waals surface area contributed by atoms with Gasteiger partial charge in [0.05, 0.1) is 6.04 Å². The van der Waals surface area contributed by atoms with Crippen LogP contribution in [-0.4, -0.2) is 21.3 Å². The number of nitrogens with one attached hydrogen (secondary N) is 1. The van der Waals surface area contributed by atoms with E-state index in [0.717, 1.165) is 30.3 Å². The predicted molar refractivity (Wildman–Crippen MR) is 66.6 cm³/mol. The summed E-state index contributed by atoms with van der Waals surface area (Å²) in [5.74, 6) is 1.58. The molecule has 1 aromatic carbocycles. The first-order valence-corrected chi connectivity index (χ1v) is 6.10. The number of aromatic nitrogens is 3. The first-order valence-electron chi connectivity index (χ1n) is 6.10. The molecule has 0 fully saturated rings. The zero-order chi connectivity index (χ0) is 12.7. The molecule has 1 atom stereocenters. The van der Waals surface area contributed by atoms with Gasteiger partial charge in [0.25, 0.3) is 0 Å². The monoisotopic (exact) mass is 246 g/mol. The second kappa shape index (κ2) is 4.17.